The molecule has 2 atom stereocenters. The fraction of sp³-hybridized carbons (Fsp3) is 0.400. The zero-order valence-electron chi connectivity index (χ0n) is 23.4. The van der Waals surface area contributed by atoms with Gasteiger partial charge in [0, 0.05) is 19.2 Å². The molecule has 3 heterocycles. The number of nitrogens with one attached hydrogen (secondary N) is 1. The number of benzene rings is 2. The molecule has 2 saturated heterocycles. The highest BCUT2D eigenvalue weighted by Gasteiger charge is 2.36. The van der Waals surface area contributed by atoms with Crippen LogP contribution in [0, 0.1) is 0 Å². The van der Waals surface area contributed by atoms with Gasteiger partial charge in [-0.3, -0.25) is 4.79 Å². The molecule has 43 heavy (non-hydrogen) atoms. The van der Waals surface area contributed by atoms with Gasteiger partial charge in [0.05, 0.1) is 54.2 Å². The molecule has 230 valence electrons. The summed E-state index contributed by atoms with van der Waals surface area (Å²) in [6.45, 7) is 3.68. The number of ether oxygens (including phenoxy) is 3. The lowest BCUT2D eigenvalue weighted by Gasteiger charge is -2.30. The van der Waals surface area contributed by atoms with Crippen LogP contribution in [-0.2, 0) is 32.0 Å². The molecule has 9 nitrogen and oxygen atoms in total. The number of rotatable bonds is 11. The lowest BCUT2D eigenvalue weighted by molar-refractivity contribution is -0.137. The number of hydrogen-bond donors (Lipinski definition) is 1. The van der Waals surface area contributed by atoms with Gasteiger partial charge in [-0.15, -0.1) is 0 Å². The smallest absolute Gasteiger partial charge is 0.416 e. The maximum Gasteiger partial charge on any atom is 0.416 e. The summed E-state index contributed by atoms with van der Waals surface area (Å²) in [5, 5.41) is 2.81. The highest BCUT2D eigenvalue weighted by Crippen LogP contribution is 2.32. The fourth-order valence-electron chi connectivity index (χ4n) is 4.83. The number of anilines is 1. The summed E-state index contributed by atoms with van der Waals surface area (Å²) in [6, 6.07) is 14.3. The van der Waals surface area contributed by atoms with Crippen LogP contribution >= 0.6 is 0 Å². The average molecular weight is 620 g/mol. The Morgan fingerprint density at radius 1 is 1.05 bits per heavy atom. The summed E-state index contributed by atoms with van der Waals surface area (Å²) in [5.41, 5.74) is 0.365. The molecule has 1 aromatic heterocycles. The van der Waals surface area contributed by atoms with E-state index in [4.69, 9.17) is 14.2 Å². The van der Waals surface area contributed by atoms with Crippen molar-refractivity contribution in [2.24, 2.45) is 0 Å². The first-order valence-electron chi connectivity index (χ1n) is 13.9. The van der Waals surface area contributed by atoms with Crippen LogP contribution in [0.5, 0.6) is 5.75 Å². The minimum Gasteiger partial charge on any atom is -0.489 e. The Labute approximate surface area is 247 Å². The van der Waals surface area contributed by atoms with Gasteiger partial charge >= 0.3 is 6.18 Å². The zero-order valence-corrected chi connectivity index (χ0v) is 24.2. The minimum absolute atomic E-state index is 0.0135. The van der Waals surface area contributed by atoms with Crippen LogP contribution in [-0.4, -0.2) is 69.7 Å². The van der Waals surface area contributed by atoms with Gasteiger partial charge < -0.3 is 24.4 Å². The standard InChI is InChI=1S/C30H32F3N3O6S/c1-2-43(38,39)27-10-3-20(4-11-27)14-35-29(37)21-5-12-28(34-15-21)36-16-25(13-23(36)17-41-26-18-40-19-26)42-24-8-6-22(7-9-24)30(31,32)33/h3-12,15,23,25-26H,2,13-14,16-19H2,1H3,(H,35,37)/t23-,25+/m0/s1. The van der Waals surface area contributed by atoms with Gasteiger partial charge in [0.15, 0.2) is 9.84 Å². The first-order chi connectivity index (χ1) is 20.5. The van der Waals surface area contributed by atoms with E-state index >= 15 is 0 Å². The number of aromatic nitrogens is 1. The van der Waals surface area contributed by atoms with Crippen molar-refractivity contribution < 1.29 is 40.6 Å². The second-order valence-electron chi connectivity index (χ2n) is 10.4. The van der Waals surface area contributed by atoms with Crippen molar-refractivity contribution in [1.29, 1.82) is 0 Å². The Hall–Kier alpha value is -3.68. The van der Waals surface area contributed by atoms with Gasteiger partial charge in [-0.05, 0) is 54.1 Å². The van der Waals surface area contributed by atoms with Gasteiger partial charge in [0.2, 0.25) is 0 Å². The van der Waals surface area contributed by atoms with Gasteiger partial charge in [-0.25, -0.2) is 13.4 Å². The molecular weight excluding hydrogens is 587 g/mol. The molecule has 5 rings (SSSR count). The molecule has 2 aliphatic rings. The number of halogens is 3. The number of hydrogen-bond acceptors (Lipinski definition) is 8. The summed E-state index contributed by atoms with van der Waals surface area (Å²) in [5.74, 6) is 0.633. The molecule has 2 aromatic carbocycles. The molecule has 0 saturated carbocycles. The molecule has 2 aliphatic heterocycles. The van der Waals surface area contributed by atoms with Crippen LogP contribution in [0.25, 0.3) is 0 Å². The maximum atomic E-state index is 12.9. The molecule has 1 amide bonds. The van der Waals surface area contributed by atoms with E-state index in [0.29, 0.717) is 49.9 Å². The van der Waals surface area contributed by atoms with E-state index in [2.05, 4.69) is 10.3 Å². The third kappa shape index (κ3) is 7.64. The van der Waals surface area contributed by atoms with Crippen LogP contribution in [0.2, 0.25) is 0 Å². The van der Waals surface area contributed by atoms with Crippen molar-refractivity contribution in [3.05, 3.63) is 83.6 Å². The number of carbonyl (C=O) groups is 1. The highest BCUT2D eigenvalue weighted by atomic mass is 32.2. The van der Waals surface area contributed by atoms with Crippen molar-refractivity contribution in [1.82, 2.24) is 10.3 Å². The molecule has 0 bridgehead atoms. The van der Waals surface area contributed by atoms with Gasteiger partial charge in [0.25, 0.3) is 5.91 Å². The van der Waals surface area contributed by atoms with Gasteiger partial charge in [-0.1, -0.05) is 19.1 Å². The predicted molar refractivity (Wildman–Crippen MR) is 152 cm³/mol. The summed E-state index contributed by atoms with van der Waals surface area (Å²) < 4.78 is 80.0. The second-order valence-corrected chi connectivity index (χ2v) is 12.7. The molecule has 3 aromatic rings. The monoisotopic (exact) mass is 619 g/mol. The van der Waals surface area contributed by atoms with Gasteiger partial charge in [-0.2, -0.15) is 13.2 Å². The van der Waals surface area contributed by atoms with Crippen LogP contribution in [0.4, 0.5) is 19.0 Å². The normalized spacial score (nSPS) is 19.2. The number of nitrogens with zero attached hydrogens (tertiary/aromatic N) is 2. The van der Waals surface area contributed by atoms with E-state index in [1.54, 1.807) is 31.2 Å². The summed E-state index contributed by atoms with van der Waals surface area (Å²) in [7, 11) is -3.30. The number of sulfone groups is 1. The molecule has 1 N–H and O–H groups in total. The Kier molecular flexibility index (Phi) is 9.23. The van der Waals surface area contributed by atoms with Crippen LogP contribution < -0.4 is 15.0 Å². The Morgan fingerprint density at radius 2 is 1.77 bits per heavy atom. The van der Waals surface area contributed by atoms with Crippen LogP contribution in [0.3, 0.4) is 0 Å². The molecule has 2 fully saturated rings. The third-order valence-corrected chi connectivity index (χ3v) is 9.16. The summed E-state index contributed by atoms with van der Waals surface area (Å²) >= 11 is 0. The van der Waals surface area contributed by atoms with E-state index < -0.39 is 21.6 Å². The average Bonchev–Trinajstić information content (AvgIpc) is 3.37. The second kappa shape index (κ2) is 12.9. The van der Waals surface area contributed by atoms with E-state index in [0.717, 1.165) is 17.7 Å². The first kappa shape index (κ1) is 30.8. The summed E-state index contributed by atoms with van der Waals surface area (Å²) in [4.78, 5) is 19.5. The van der Waals surface area contributed by atoms with Crippen molar-refractivity contribution in [2.45, 2.75) is 49.2 Å². The van der Waals surface area contributed by atoms with Crippen molar-refractivity contribution in [3.63, 3.8) is 0 Å². The quantitative estimate of drug-likeness (QED) is 0.339. The highest BCUT2D eigenvalue weighted by molar-refractivity contribution is 7.91. The topological polar surface area (TPSA) is 107 Å². The van der Waals surface area contributed by atoms with Gasteiger partial charge in [0.1, 0.15) is 23.8 Å². The largest absolute Gasteiger partial charge is 0.489 e. The predicted octanol–water partition coefficient (Wildman–Crippen LogP) is 4.27. The molecule has 0 unspecified atom stereocenters. The molecule has 0 aliphatic carbocycles. The lowest BCUT2D eigenvalue weighted by atomic mass is 10.2. The fourth-order valence-corrected chi connectivity index (χ4v) is 5.71. The van der Waals surface area contributed by atoms with E-state index in [9.17, 15) is 26.4 Å². The molecule has 0 spiro atoms. The summed E-state index contributed by atoms with van der Waals surface area (Å²) in [6.07, 6.45) is -2.68. The van der Waals surface area contributed by atoms with Crippen LogP contribution in [0.1, 0.15) is 34.8 Å². The van der Waals surface area contributed by atoms with Crippen LogP contribution in [0.15, 0.2) is 71.8 Å². The molecule has 0 radical (unpaired) electrons. The number of carbonyl (C=O) groups excluding carboxylic acids is 1. The Balaban J connectivity index is 1.21. The Bertz CT molecular complexity index is 1500. The van der Waals surface area contributed by atoms with E-state index in [1.807, 2.05) is 4.90 Å². The SMILES string of the molecule is CCS(=O)(=O)c1ccc(CNC(=O)c2ccc(N3C[C@H](Oc4ccc(C(F)(F)F)cc4)C[C@H]3COC3COC3)nc2)cc1. The lowest BCUT2D eigenvalue weighted by Crippen LogP contribution is -2.41. The molecular formula is C30H32F3N3O6S. The minimum atomic E-state index is -4.42. The van der Waals surface area contributed by atoms with Crippen molar-refractivity contribution in [2.75, 3.05) is 37.0 Å². The number of pyridine rings is 1. The van der Waals surface area contributed by atoms with E-state index in [1.165, 1.54) is 30.5 Å². The zero-order chi connectivity index (χ0) is 30.6. The number of amides is 1. The first-order valence-corrected chi connectivity index (χ1v) is 15.5. The Morgan fingerprint density at radius 3 is 2.35 bits per heavy atom. The van der Waals surface area contributed by atoms with Crippen molar-refractivity contribution >= 4 is 21.6 Å². The van der Waals surface area contributed by atoms with Crippen molar-refractivity contribution in [3.8, 4) is 5.75 Å². The molecule has 13 heteroatoms. The number of alkyl halides is 3. The third-order valence-electron chi connectivity index (χ3n) is 7.41. The maximum absolute atomic E-state index is 12.9. The van der Waals surface area contributed by atoms with E-state index in [-0.39, 0.29) is 41.4 Å².